The van der Waals surface area contributed by atoms with E-state index in [0.29, 0.717) is 12.4 Å². The Hall–Kier alpha value is -3.16. The van der Waals surface area contributed by atoms with Gasteiger partial charge in [-0.3, -0.25) is 9.78 Å². The molecule has 1 atom stereocenters. The molecule has 28 heavy (non-hydrogen) atoms. The number of nitrogens with one attached hydrogen (secondary N) is 1. The second-order valence-corrected chi connectivity index (χ2v) is 6.72. The number of carbonyl (C=O) groups is 1. The van der Waals surface area contributed by atoms with Gasteiger partial charge in [0.05, 0.1) is 28.8 Å². The zero-order valence-corrected chi connectivity index (χ0v) is 14.8. The highest BCUT2D eigenvalue weighted by molar-refractivity contribution is 5.80. The van der Waals surface area contributed by atoms with Crippen molar-refractivity contribution in [3.05, 3.63) is 65.9 Å². The van der Waals surface area contributed by atoms with E-state index in [1.54, 1.807) is 12.3 Å². The molecule has 2 heterocycles. The number of anilines is 1. The summed E-state index contributed by atoms with van der Waals surface area (Å²) in [5.41, 5.74) is 0.878. The lowest BCUT2D eigenvalue weighted by molar-refractivity contribution is -0.139. The fraction of sp³-hybridized carbons (Fsp3) is 0.250. The fourth-order valence-corrected chi connectivity index (χ4v) is 3.40. The molecule has 5 nitrogen and oxygen atoms in total. The minimum Gasteiger partial charge on any atom is -0.364 e. The van der Waals surface area contributed by atoms with Crippen molar-refractivity contribution in [1.29, 1.82) is 0 Å². The SMILES string of the molecule is O=C1CC(Nc2cnc3ccccc3n2)CN1Cc1ccccc1C(F)(F)F. The summed E-state index contributed by atoms with van der Waals surface area (Å²) in [6, 6.07) is 12.5. The van der Waals surface area contributed by atoms with E-state index in [-0.39, 0.29) is 30.5 Å². The van der Waals surface area contributed by atoms with Crippen molar-refractivity contribution >= 4 is 22.8 Å². The Morgan fingerprint density at radius 3 is 2.57 bits per heavy atom. The number of halogens is 3. The molecular formula is C20H17F3N4O. The van der Waals surface area contributed by atoms with E-state index in [1.165, 1.54) is 17.0 Å². The monoisotopic (exact) mass is 386 g/mol. The second-order valence-electron chi connectivity index (χ2n) is 6.72. The van der Waals surface area contributed by atoms with Crippen LogP contribution >= 0.6 is 0 Å². The van der Waals surface area contributed by atoms with Gasteiger partial charge in [0, 0.05) is 19.5 Å². The topological polar surface area (TPSA) is 58.1 Å². The summed E-state index contributed by atoms with van der Waals surface area (Å²) in [6.07, 6.45) is -2.66. The Bertz CT molecular complexity index is 1020. The van der Waals surface area contributed by atoms with Gasteiger partial charge in [0.1, 0.15) is 5.82 Å². The molecule has 0 saturated carbocycles. The first-order chi connectivity index (χ1) is 13.4. The van der Waals surface area contributed by atoms with E-state index in [4.69, 9.17) is 0 Å². The summed E-state index contributed by atoms with van der Waals surface area (Å²) in [5, 5.41) is 3.17. The van der Waals surface area contributed by atoms with E-state index in [1.807, 2.05) is 24.3 Å². The number of hydrogen-bond acceptors (Lipinski definition) is 4. The normalized spacial score (nSPS) is 17.3. The van der Waals surface area contributed by atoms with Gasteiger partial charge in [-0.15, -0.1) is 0 Å². The van der Waals surface area contributed by atoms with Gasteiger partial charge < -0.3 is 10.2 Å². The molecule has 1 aliphatic rings. The molecule has 1 saturated heterocycles. The zero-order chi connectivity index (χ0) is 19.7. The van der Waals surface area contributed by atoms with E-state index in [9.17, 15) is 18.0 Å². The average molecular weight is 386 g/mol. The van der Waals surface area contributed by atoms with Crippen molar-refractivity contribution in [2.24, 2.45) is 0 Å². The van der Waals surface area contributed by atoms with Gasteiger partial charge >= 0.3 is 6.18 Å². The average Bonchev–Trinajstić information content (AvgIpc) is 3.00. The van der Waals surface area contributed by atoms with Crippen LogP contribution in [0, 0.1) is 0 Å². The molecule has 2 aromatic carbocycles. The van der Waals surface area contributed by atoms with E-state index in [2.05, 4.69) is 15.3 Å². The van der Waals surface area contributed by atoms with Crippen LogP contribution in [0.15, 0.2) is 54.7 Å². The lowest BCUT2D eigenvalue weighted by Crippen LogP contribution is -2.28. The molecule has 1 amide bonds. The number of hydrogen-bond donors (Lipinski definition) is 1. The number of fused-ring (bicyclic) bond motifs is 1. The van der Waals surface area contributed by atoms with Crippen molar-refractivity contribution in [2.45, 2.75) is 25.2 Å². The van der Waals surface area contributed by atoms with Crippen LogP contribution in [0.1, 0.15) is 17.5 Å². The molecule has 1 aliphatic heterocycles. The molecule has 1 fully saturated rings. The van der Waals surface area contributed by atoms with E-state index >= 15 is 0 Å². The largest absolute Gasteiger partial charge is 0.416 e. The highest BCUT2D eigenvalue weighted by Crippen LogP contribution is 2.33. The molecule has 1 N–H and O–H groups in total. The van der Waals surface area contributed by atoms with E-state index < -0.39 is 11.7 Å². The van der Waals surface area contributed by atoms with Crippen molar-refractivity contribution in [3.63, 3.8) is 0 Å². The summed E-state index contributed by atoms with van der Waals surface area (Å²) in [6.45, 7) is 0.232. The second kappa shape index (κ2) is 7.10. The first-order valence-corrected chi connectivity index (χ1v) is 8.81. The van der Waals surface area contributed by atoms with Crippen LogP contribution in [0.3, 0.4) is 0 Å². The molecule has 0 spiro atoms. The lowest BCUT2D eigenvalue weighted by Gasteiger charge is -2.20. The number of benzene rings is 2. The fourth-order valence-electron chi connectivity index (χ4n) is 3.40. The molecule has 0 bridgehead atoms. The Labute approximate surface area is 159 Å². The number of aromatic nitrogens is 2. The molecule has 3 aromatic rings. The van der Waals surface area contributed by atoms with Crippen LogP contribution in [-0.4, -0.2) is 33.4 Å². The van der Waals surface area contributed by atoms with Crippen molar-refractivity contribution in [3.8, 4) is 0 Å². The minimum absolute atomic E-state index is 0.0733. The Morgan fingerprint density at radius 1 is 1.07 bits per heavy atom. The molecule has 1 unspecified atom stereocenters. The lowest BCUT2D eigenvalue weighted by atomic mass is 10.1. The number of nitrogens with zero attached hydrogens (tertiary/aromatic N) is 3. The van der Waals surface area contributed by atoms with Gasteiger partial charge in [-0.2, -0.15) is 13.2 Å². The summed E-state index contributed by atoms with van der Waals surface area (Å²) in [4.78, 5) is 22.5. The quantitative estimate of drug-likeness (QED) is 0.740. The zero-order valence-electron chi connectivity index (χ0n) is 14.8. The van der Waals surface area contributed by atoms with Gasteiger partial charge in [-0.25, -0.2) is 4.98 Å². The summed E-state index contributed by atoms with van der Waals surface area (Å²) >= 11 is 0. The highest BCUT2D eigenvalue weighted by Gasteiger charge is 2.35. The number of likely N-dealkylation sites (tertiary alicyclic amines) is 1. The molecule has 1 aromatic heterocycles. The Balaban J connectivity index is 1.47. The third-order valence-corrected chi connectivity index (χ3v) is 4.70. The Morgan fingerprint density at radius 2 is 1.79 bits per heavy atom. The maximum absolute atomic E-state index is 13.2. The van der Waals surface area contributed by atoms with Crippen LogP contribution in [0.4, 0.5) is 19.0 Å². The highest BCUT2D eigenvalue weighted by atomic mass is 19.4. The smallest absolute Gasteiger partial charge is 0.364 e. The van der Waals surface area contributed by atoms with Gasteiger partial charge in [0.15, 0.2) is 0 Å². The molecule has 144 valence electrons. The van der Waals surface area contributed by atoms with Crippen molar-refractivity contribution in [1.82, 2.24) is 14.9 Å². The van der Waals surface area contributed by atoms with Crippen LogP contribution < -0.4 is 5.32 Å². The van der Waals surface area contributed by atoms with Gasteiger partial charge in [0.25, 0.3) is 0 Å². The Kier molecular flexibility index (Phi) is 4.62. The number of carbonyl (C=O) groups excluding carboxylic acids is 1. The number of rotatable bonds is 4. The van der Waals surface area contributed by atoms with Crippen LogP contribution in [0.25, 0.3) is 11.0 Å². The third kappa shape index (κ3) is 3.76. The first-order valence-electron chi connectivity index (χ1n) is 8.81. The maximum Gasteiger partial charge on any atom is 0.416 e. The maximum atomic E-state index is 13.2. The molecular weight excluding hydrogens is 369 g/mol. The van der Waals surface area contributed by atoms with Gasteiger partial charge in [0.2, 0.25) is 5.91 Å². The van der Waals surface area contributed by atoms with Crippen molar-refractivity contribution < 1.29 is 18.0 Å². The minimum atomic E-state index is -4.45. The van der Waals surface area contributed by atoms with Crippen LogP contribution in [-0.2, 0) is 17.5 Å². The predicted octanol–water partition coefficient (Wildman–Crippen LogP) is 3.86. The number of alkyl halides is 3. The number of amides is 1. The van der Waals surface area contributed by atoms with Crippen LogP contribution in [0.2, 0.25) is 0 Å². The predicted molar refractivity (Wildman–Crippen MR) is 98.4 cm³/mol. The molecule has 4 rings (SSSR count). The van der Waals surface area contributed by atoms with Crippen LogP contribution in [0.5, 0.6) is 0 Å². The van der Waals surface area contributed by atoms with Crippen molar-refractivity contribution in [2.75, 3.05) is 11.9 Å². The third-order valence-electron chi connectivity index (χ3n) is 4.70. The van der Waals surface area contributed by atoms with E-state index in [0.717, 1.165) is 17.1 Å². The van der Waals surface area contributed by atoms with Gasteiger partial charge in [-0.05, 0) is 23.8 Å². The summed E-state index contributed by atoms with van der Waals surface area (Å²) in [7, 11) is 0. The molecule has 0 aliphatic carbocycles. The standard InChI is InChI=1S/C20H17F3N4O/c21-20(22,23)15-6-2-1-5-13(15)11-27-12-14(9-19(27)28)25-18-10-24-16-7-3-4-8-17(16)26-18/h1-8,10,14H,9,11-12H2,(H,25,26). The summed E-state index contributed by atoms with van der Waals surface area (Å²) in [5.74, 6) is 0.345. The number of para-hydroxylation sites is 2. The van der Waals surface area contributed by atoms with Gasteiger partial charge in [-0.1, -0.05) is 30.3 Å². The summed E-state index contributed by atoms with van der Waals surface area (Å²) < 4.78 is 39.5. The first kappa shape index (κ1) is 18.2. The molecule has 0 radical (unpaired) electrons. The molecule has 8 heteroatoms.